The molecule has 1 aromatic carbocycles. The van der Waals surface area contributed by atoms with Gasteiger partial charge in [-0.3, -0.25) is 0 Å². The van der Waals surface area contributed by atoms with Crippen molar-refractivity contribution >= 4 is 40.5 Å². The molecule has 0 spiro atoms. The minimum Gasteiger partial charge on any atom is -0.238 e. The van der Waals surface area contributed by atoms with E-state index in [-0.39, 0.29) is 0 Å². The van der Waals surface area contributed by atoms with Crippen LogP contribution >= 0.6 is 34.8 Å². The minimum atomic E-state index is 0.423. The van der Waals surface area contributed by atoms with Crippen LogP contribution in [0.4, 0.5) is 0 Å². The van der Waals surface area contributed by atoms with Crippen molar-refractivity contribution in [1.29, 1.82) is 0 Å². The van der Waals surface area contributed by atoms with Crippen LogP contribution in [0.25, 0.3) is 5.70 Å². The first-order valence-corrected chi connectivity index (χ1v) is 6.41. The smallest absolute Gasteiger partial charge is 0.0664 e. The van der Waals surface area contributed by atoms with Crippen LogP contribution in [0.5, 0.6) is 0 Å². The molecule has 0 bridgehead atoms. The predicted molar refractivity (Wildman–Crippen MR) is 77.6 cm³/mol. The van der Waals surface area contributed by atoms with Crippen molar-refractivity contribution < 1.29 is 0 Å². The molecule has 0 saturated heterocycles. The van der Waals surface area contributed by atoms with Crippen LogP contribution in [0.15, 0.2) is 24.8 Å². The van der Waals surface area contributed by atoms with Crippen LogP contribution in [-0.4, -0.2) is 9.78 Å². The van der Waals surface area contributed by atoms with Gasteiger partial charge in [0.1, 0.15) is 0 Å². The second-order valence-corrected chi connectivity index (χ2v) is 5.25. The van der Waals surface area contributed by atoms with Crippen LogP contribution in [0.3, 0.4) is 0 Å². The Morgan fingerprint density at radius 3 is 2.22 bits per heavy atom. The minimum absolute atomic E-state index is 0.423. The van der Waals surface area contributed by atoms with Gasteiger partial charge in [-0.15, -0.1) is 0 Å². The first-order valence-electron chi connectivity index (χ1n) is 5.27. The Morgan fingerprint density at radius 2 is 1.67 bits per heavy atom. The maximum absolute atomic E-state index is 6.16. The van der Waals surface area contributed by atoms with Gasteiger partial charge >= 0.3 is 0 Å². The predicted octanol–water partition coefficient (Wildman–Crippen LogP) is 4.98. The van der Waals surface area contributed by atoms with Gasteiger partial charge in [0.2, 0.25) is 0 Å². The fraction of sp³-hybridized carbons (Fsp3) is 0.154. The van der Waals surface area contributed by atoms with Gasteiger partial charge in [0.05, 0.1) is 26.5 Å². The highest BCUT2D eigenvalue weighted by Crippen LogP contribution is 2.33. The van der Waals surface area contributed by atoms with Crippen molar-refractivity contribution in [3.63, 3.8) is 0 Å². The van der Waals surface area contributed by atoms with Crippen molar-refractivity contribution in [2.75, 3.05) is 0 Å². The Hall–Kier alpha value is -0.960. The number of aryl methyl sites for hydroxylation is 2. The Bertz CT molecular complexity index is 629. The largest absolute Gasteiger partial charge is 0.238 e. The highest BCUT2D eigenvalue weighted by molar-refractivity contribution is 6.43. The van der Waals surface area contributed by atoms with Crippen LogP contribution in [0, 0.1) is 13.8 Å². The van der Waals surface area contributed by atoms with Crippen molar-refractivity contribution in [1.82, 2.24) is 9.78 Å². The van der Waals surface area contributed by atoms with Crippen LogP contribution in [0.2, 0.25) is 15.1 Å². The van der Waals surface area contributed by atoms with E-state index in [0.29, 0.717) is 20.8 Å². The molecule has 0 saturated carbocycles. The van der Waals surface area contributed by atoms with Crippen LogP contribution < -0.4 is 0 Å². The third-order valence-corrected chi connectivity index (χ3v) is 3.62. The summed E-state index contributed by atoms with van der Waals surface area (Å²) < 4.78 is 1.74. The van der Waals surface area contributed by atoms with Gasteiger partial charge in [0.15, 0.2) is 0 Å². The molecule has 0 unspecified atom stereocenters. The van der Waals surface area contributed by atoms with E-state index >= 15 is 0 Å². The van der Waals surface area contributed by atoms with Crippen molar-refractivity contribution in [3.05, 3.63) is 56.8 Å². The van der Waals surface area contributed by atoms with Crippen molar-refractivity contribution in [2.24, 2.45) is 0 Å². The number of nitrogens with zero attached hydrogens (tertiary/aromatic N) is 2. The van der Waals surface area contributed by atoms with E-state index in [1.165, 1.54) is 0 Å². The van der Waals surface area contributed by atoms with Gasteiger partial charge in [-0.1, -0.05) is 41.4 Å². The molecule has 0 aliphatic heterocycles. The zero-order valence-corrected chi connectivity index (χ0v) is 12.2. The van der Waals surface area contributed by atoms with E-state index in [9.17, 15) is 0 Å². The lowest BCUT2D eigenvalue weighted by molar-refractivity contribution is 0.857. The quantitative estimate of drug-likeness (QED) is 0.715. The van der Waals surface area contributed by atoms with Crippen molar-refractivity contribution in [3.8, 4) is 0 Å². The first kappa shape index (κ1) is 13.5. The molecule has 1 heterocycles. The fourth-order valence-electron chi connectivity index (χ4n) is 1.76. The summed E-state index contributed by atoms with van der Waals surface area (Å²) in [5, 5.41) is 5.73. The van der Waals surface area contributed by atoms with E-state index in [1.807, 2.05) is 19.9 Å². The third-order valence-electron chi connectivity index (χ3n) is 2.59. The Morgan fingerprint density at radius 1 is 1.06 bits per heavy atom. The lowest BCUT2D eigenvalue weighted by atomic mass is 10.1. The summed E-state index contributed by atoms with van der Waals surface area (Å²) in [4.78, 5) is 0. The molecule has 94 valence electrons. The lowest BCUT2D eigenvalue weighted by Crippen LogP contribution is -2.02. The van der Waals surface area contributed by atoms with Gasteiger partial charge in [0.25, 0.3) is 0 Å². The van der Waals surface area contributed by atoms with E-state index in [0.717, 1.165) is 17.0 Å². The van der Waals surface area contributed by atoms with Crippen LogP contribution in [0.1, 0.15) is 17.0 Å². The summed E-state index contributed by atoms with van der Waals surface area (Å²) in [6, 6.07) is 5.28. The zero-order valence-electron chi connectivity index (χ0n) is 9.97. The topological polar surface area (TPSA) is 17.8 Å². The summed E-state index contributed by atoms with van der Waals surface area (Å²) in [6.07, 6.45) is 0. The second kappa shape index (κ2) is 4.96. The summed E-state index contributed by atoms with van der Waals surface area (Å²) in [6.45, 7) is 7.89. The average molecular weight is 302 g/mol. The van der Waals surface area contributed by atoms with E-state index < -0.39 is 0 Å². The van der Waals surface area contributed by atoms with E-state index in [4.69, 9.17) is 34.8 Å². The van der Waals surface area contributed by atoms with E-state index in [2.05, 4.69) is 11.7 Å². The molecule has 2 nitrogen and oxygen atoms in total. The molecule has 0 aliphatic carbocycles. The maximum atomic E-state index is 6.16. The van der Waals surface area contributed by atoms with Crippen LogP contribution in [-0.2, 0) is 0 Å². The first-order chi connectivity index (χ1) is 8.40. The molecule has 0 N–H and O–H groups in total. The van der Waals surface area contributed by atoms with E-state index in [1.54, 1.807) is 16.8 Å². The lowest BCUT2D eigenvalue weighted by Gasteiger charge is -2.11. The Kier molecular flexibility index (Phi) is 3.71. The molecule has 0 atom stereocenters. The molecule has 0 fully saturated rings. The average Bonchev–Trinajstić information content (AvgIpc) is 2.62. The van der Waals surface area contributed by atoms with Gasteiger partial charge in [-0.2, -0.15) is 5.10 Å². The molecule has 2 rings (SSSR count). The standard InChI is InChI=1S/C13H11Cl3N2/c1-7-4-8(2)18(17-7)9(3)10-5-12(15)13(16)6-11(10)14/h4-6H,3H2,1-2H3. The molecule has 0 radical (unpaired) electrons. The number of hydrogen-bond acceptors (Lipinski definition) is 1. The maximum Gasteiger partial charge on any atom is 0.0664 e. The summed E-state index contributed by atoms with van der Waals surface area (Å²) >= 11 is 18.1. The molecule has 0 aliphatic rings. The van der Waals surface area contributed by atoms with Gasteiger partial charge in [-0.05, 0) is 32.0 Å². The number of benzene rings is 1. The number of aromatic nitrogens is 2. The monoisotopic (exact) mass is 300 g/mol. The van der Waals surface area contributed by atoms with Gasteiger partial charge < -0.3 is 0 Å². The molecular weight excluding hydrogens is 291 g/mol. The summed E-state index contributed by atoms with van der Waals surface area (Å²) in [5.74, 6) is 0. The summed E-state index contributed by atoms with van der Waals surface area (Å²) in [5.41, 5.74) is 3.30. The number of halogens is 3. The molecule has 5 heteroatoms. The molecule has 0 amide bonds. The normalized spacial score (nSPS) is 10.7. The van der Waals surface area contributed by atoms with Crippen molar-refractivity contribution in [2.45, 2.75) is 13.8 Å². The van der Waals surface area contributed by atoms with Gasteiger partial charge in [0, 0.05) is 11.3 Å². The highest BCUT2D eigenvalue weighted by Gasteiger charge is 2.12. The third kappa shape index (κ3) is 2.41. The SMILES string of the molecule is C=C(c1cc(Cl)c(Cl)cc1Cl)n1nc(C)cc1C. The molecular formula is C13H11Cl3N2. The number of rotatable bonds is 2. The fourth-order valence-corrected chi connectivity index (χ4v) is 2.42. The zero-order chi connectivity index (χ0) is 13.4. The Balaban J connectivity index is 2.53. The second-order valence-electron chi connectivity index (χ2n) is 4.03. The number of hydrogen-bond donors (Lipinski definition) is 0. The molecule has 1 aromatic heterocycles. The van der Waals surface area contributed by atoms with Gasteiger partial charge in [-0.25, -0.2) is 4.68 Å². The summed E-state index contributed by atoms with van der Waals surface area (Å²) in [7, 11) is 0. The highest BCUT2D eigenvalue weighted by atomic mass is 35.5. The molecule has 18 heavy (non-hydrogen) atoms. The molecule has 2 aromatic rings. The Labute approximate surface area is 121 Å².